The molecule has 1 heterocycles. The Kier molecular flexibility index (Phi) is 3.72. The van der Waals surface area contributed by atoms with Crippen LogP contribution in [0.25, 0.3) is 6.08 Å². The van der Waals surface area contributed by atoms with E-state index in [-0.39, 0.29) is 0 Å². The Hall–Kier alpha value is -2.80. The van der Waals surface area contributed by atoms with Crippen LogP contribution in [0.15, 0.2) is 55.5 Å². The second-order valence-electron chi connectivity index (χ2n) is 4.20. The molecular formula is C16H14N2O2. The van der Waals surface area contributed by atoms with Crippen LogP contribution in [-0.4, -0.2) is 11.0 Å². The van der Waals surface area contributed by atoms with Gasteiger partial charge in [0.05, 0.1) is 6.26 Å². The fourth-order valence-corrected chi connectivity index (χ4v) is 2.29. The molecule has 0 radical (unpaired) electrons. The van der Waals surface area contributed by atoms with Crippen LogP contribution < -0.4 is 0 Å². The maximum Gasteiger partial charge on any atom is 0.420 e. The van der Waals surface area contributed by atoms with E-state index in [0.717, 1.165) is 17.4 Å². The van der Waals surface area contributed by atoms with E-state index in [1.807, 2.05) is 24.3 Å². The summed E-state index contributed by atoms with van der Waals surface area (Å²) in [5, 5.41) is 9.70. The summed E-state index contributed by atoms with van der Waals surface area (Å²) in [6.45, 7) is 5.17. The minimum Gasteiger partial charge on any atom is -0.419 e. The van der Waals surface area contributed by atoms with Gasteiger partial charge < -0.3 is 4.74 Å². The first-order valence-electron chi connectivity index (χ1n) is 6.13. The van der Waals surface area contributed by atoms with Gasteiger partial charge in [-0.2, -0.15) is 5.26 Å². The zero-order valence-electron chi connectivity index (χ0n) is 11.1. The van der Waals surface area contributed by atoms with Crippen molar-refractivity contribution in [2.45, 2.75) is 12.5 Å². The molecule has 1 aliphatic heterocycles. The first-order valence-corrected chi connectivity index (χ1v) is 6.13. The monoisotopic (exact) mass is 266 g/mol. The number of carbonyl (C=O) groups excluding carboxylic acids is 1. The van der Waals surface area contributed by atoms with E-state index in [2.05, 4.69) is 12.6 Å². The van der Waals surface area contributed by atoms with Gasteiger partial charge in [-0.25, -0.2) is 4.79 Å². The maximum atomic E-state index is 12.1. The molecule has 4 nitrogen and oxygen atoms in total. The summed E-state index contributed by atoms with van der Waals surface area (Å²) in [6, 6.07) is 9.67. The molecule has 0 unspecified atom stereocenters. The lowest BCUT2D eigenvalue weighted by Gasteiger charge is -2.37. The molecule has 0 bridgehead atoms. The summed E-state index contributed by atoms with van der Waals surface area (Å²) in [7, 11) is 0. The molecule has 0 fully saturated rings. The molecule has 100 valence electrons. The molecule has 0 saturated carbocycles. The van der Waals surface area contributed by atoms with Gasteiger partial charge in [0, 0.05) is 11.8 Å². The molecule has 0 saturated heterocycles. The highest BCUT2D eigenvalue weighted by molar-refractivity contribution is 5.77. The molecule has 0 N–H and O–H groups in total. The number of allylic oxidation sites excluding steroid dienone is 1. The van der Waals surface area contributed by atoms with Gasteiger partial charge in [0.2, 0.25) is 0 Å². The number of nitriles is 1. The van der Waals surface area contributed by atoms with Crippen LogP contribution in [0.2, 0.25) is 0 Å². The minimum atomic E-state index is -1.21. The van der Waals surface area contributed by atoms with Crippen LogP contribution in [0.5, 0.6) is 0 Å². The lowest BCUT2D eigenvalue weighted by atomic mass is 9.83. The highest BCUT2D eigenvalue weighted by Crippen LogP contribution is 2.37. The van der Waals surface area contributed by atoms with Crippen molar-refractivity contribution in [2.75, 3.05) is 0 Å². The number of nitrogens with zero attached hydrogens (tertiary/aromatic N) is 2. The fourth-order valence-electron chi connectivity index (χ4n) is 2.29. The number of benzene rings is 1. The van der Waals surface area contributed by atoms with Gasteiger partial charge in [0.1, 0.15) is 6.07 Å². The van der Waals surface area contributed by atoms with Gasteiger partial charge in [-0.1, -0.05) is 36.9 Å². The second-order valence-corrected chi connectivity index (χ2v) is 4.20. The third kappa shape index (κ3) is 1.99. The van der Waals surface area contributed by atoms with Crippen LogP contribution >= 0.6 is 0 Å². The van der Waals surface area contributed by atoms with E-state index in [4.69, 9.17) is 4.74 Å². The number of ether oxygens (including phenoxy) is 1. The Morgan fingerprint density at radius 3 is 2.90 bits per heavy atom. The summed E-state index contributed by atoms with van der Waals surface area (Å²) < 4.78 is 4.81. The van der Waals surface area contributed by atoms with Crippen LogP contribution in [0.3, 0.4) is 0 Å². The van der Waals surface area contributed by atoms with E-state index >= 15 is 0 Å². The van der Waals surface area contributed by atoms with Crippen LogP contribution in [0, 0.1) is 11.3 Å². The standard InChI is InChI=1S/C16H14N2O2/c1-3-10-16(12-17)14-8-6-5-7-13(14)9-11-18(16)15(19)20-4-2/h3-11H,2H2,1H3/b10-3+/t16-/m1/s1. The lowest BCUT2D eigenvalue weighted by Crippen LogP contribution is -2.45. The van der Waals surface area contributed by atoms with Crippen LogP contribution in [-0.2, 0) is 10.3 Å². The van der Waals surface area contributed by atoms with Gasteiger partial charge in [0.25, 0.3) is 0 Å². The van der Waals surface area contributed by atoms with E-state index < -0.39 is 11.6 Å². The quantitative estimate of drug-likeness (QED) is 0.607. The Morgan fingerprint density at radius 2 is 2.25 bits per heavy atom. The van der Waals surface area contributed by atoms with Crippen molar-refractivity contribution < 1.29 is 9.53 Å². The van der Waals surface area contributed by atoms with Gasteiger partial charge in [0.15, 0.2) is 5.54 Å². The maximum absolute atomic E-state index is 12.1. The summed E-state index contributed by atoms with van der Waals surface area (Å²) in [5.41, 5.74) is 0.430. The Labute approximate surface area is 117 Å². The highest BCUT2D eigenvalue weighted by atomic mass is 16.5. The molecule has 0 aromatic heterocycles. The fraction of sp³-hybridized carbons (Fsp3) is 0.125. The smallest absolute Gasteiger partial charge is 0.419 e. The summed E-state index contributed by atoms with van der Waals surface area (Å²) in [4.78, 5) is 13.3. The molecule has 2 rings (SSSR count). The molecule has 1 atom stereocenters. The number of amides is 1. The Bertz CT molecular complexity index is 640. The number of hydrogen-bond donors (Lipinski definition) is 0. The van der Waals surface area contributed by atoms with E-state index in [1.165, 1.54) is 4.90 Å². The average molecular weight is 266 g/mol. The van der Waals surface area contributed by atoms with Crippen molar-refractivity contribution in [1.29, 1.82) is 5.26 Å². The van der Waals surface area contributed by atoms with Crippen molar-refractivity contribution in [3.8, 4) is 6.07 Å². The topological polar surface area (TPSA) is 53.3 Å². The predicted molar refractivity (Wildman–Crippen MR) is 76.1 cm³/mol. The van der Waals surface area contributed by atoms with Crippen LogP contribution in [0.1, 0.15) is 18.1 Å². The molecule has 0 aliphatic carbocycles. The predicted octanol–water partition coefficient (Wildman–Crippen LogP) is 3.55. The molecule has 1 aromatic rings. The number of fused-ring (bicyclic) bond motifs is 1. The first kappa shape index (κ1) is 13.6. The van der Waals surface area contributed by atoms with Gasteiger partial charge >= 0.3 is 6.09 Å². The second kappa shape index (κ2) is 5.45. The lowest BCUT2D eigenvalue weighted by molar-refractivity contribution is 0.134. The number of rotatable bonds is 2. The molecule has 0 spiro atoms. The normalized spacial score (nSPS) is 20.3. The molecule has 1 aromatic carbocycles. The zero-order chi connectivity index (χ0) is 14.6. The zero-order valence-corrected chi connectivity index (χ0v) is 11.1. The van der Waals surface area contributed by atoms with Gasteiger partial charge in [-0.15, -0.1) is 0 Å². The van der Waals surface area contributed by atoms with E-state index in [1.54, 1.807) is 31.4 Å². The highest BCUT2D eigenvalue weighted by Gasteiger charge is 2.42. The average Bonchev–Trinajstić information content (AvgIpc) is 2.47. The number of carbonyl (C=O) groups is 1. The molecular weight excluding hydrogens is 252 g/mol. The summed E-state index contributed by atoms with van der Waals surface area (Å²) in [6.07, 6.45) is 7.16. The van der Waals surface area contributed by atoms with Crippen molar-refractivity contribution in [2.24, 2.45) is 0 Å². The Balaban J connectivity index is 2.64. The van der Waals surface area contributed by atoms with Crippen molar-refractivity contribution in [1.82, 2.24) is 4.90 Å². The summed E-state index contributed by atoms with van der Waals surface area (Å²) >= 11 is 0. The van der Waals surface area contributed by atoms with Crippen LogP contribution in [0.4, 0.5) is 4.79 Å². The van der Waals surface area contributed by atoms with Gasteiger partial charge in [-0.05, 0) is 24.6 Å². The molecule has 1 aliphatic rings. The van der Waals surface area contributed by atoms with E-state index in [9.17, 15) is 10.1 Å². The molecule has 1 amide bonds. The third-order valence-corrected chi connectivity index (χ3v) is 3.11. The molecule has 4 heteroatoms. The first-order chi connectivity index (χ1) is 9.69. The third-order valence-electron chi connectivity index (χ3n) is 3.11. The van der Waals surface area contributed by atoms with Crippen molar-refractivity contribution in [3.05, 3.63) is 66.6 Å². The summed E-state index contributed by atoms with van der Waals surface area (Å²) in [5.74, 6) is 0. The molecule has 20 heavy (non-hydrogen) atoms. The Morgan fingerprint density at radius 1 is 1.50 bits per heavy atom. The van der Waals surface area contributed by atoms with Crippen molar-refractivity contribution in [3.63, 3.8) is 0 Å². The largest absolute Gasteiger partial charge is 0.420 e. The number of hydrogen-bond acceptors (Lipinski definition) is 3. The minimum absolute atomic E-state index is 0.648. The van der Waals surface area contributed by atoms with E-state index in [0.29, 0.717) is 0 Å². The van der Waals surface area contributed by atoms with Gasteiger partial charge in [-0.3, -0.25) is 4.90 Å². The van der Waals surface area contributed by atoms with Crippen molar-refractivity contribution >= 4 is 12.2 Å². The SMILES string of the molecule is C=COC(=O)N1C=Cc2ccccc2[C@]1(C#N)/C=C/C.